The maximum Gasteiger partial charge on any atom is 0.243 e. The standard InChI is InChI=1S/C22H32N4O5S/c1-31-19-6-8-20(9-7-19)32(29,30)26-10-2-3-17(15-26)22(28)25-13-11-24(12-14-25)16-21(27)23-18-4-5-18/h6-9,17-18H,2-5,10-16H2,1H3,(H,23,27)/t17-/m0/s1. The Bertz CT molecular complexity index is 924. The first-order valence-corrected chi connectivity index (χ1v) is 12.8. The van der Waals surface area contributed by atoms with Crippen molar-refractivity contribution < 1.29 is 22.7 Å². The van der Waals surface area contributed by atoms with E-state index in [0.29, 0.717) is 63.9 Å². The molecule has 1 aromatic carbocycles. The van der Waals surface area contributed by atoms with Gasteiger partial charge in [0.2, 0.25) is 21.8 Å². The smallest absolute Gasteiger partial charge is 0.243 e. The van der Waals surface area contributed by atoms with Gasteiger partial charge in [-0.15, -0.1) is 0 Å². The van der Waals surface area contributed by atoms with E-state index in [-0.39, 0.29) is 29.2 Å². The van der Waals surface area contributed by atoms with Gasteiger partial charge < -0.3 is 15.0 Å². The number of benzene rings is 1. The molecule has 1 atom stereocenters. The zero-order chi connectivity index (χ0) is 22.7. The number of sulfonamides is 1. The highest BCUT2D eigenvalue weighted by Crippen LogP contribution is 2.26. The van der Waals surface area contributed by atoms with Gasteiger partial charge in [-0.05, 0) is 49.9 Å². The minimum atomic E-state index is -3.66. The third-order valence-electron chi connectivity index (χ3n) is 6.42. The van der Waals surface area contributed by atoms with Crippen molar-refractivity contribution >= 4 is 21.8 Å². The molecular formula is C22H32N4O5S. The van der Waals surface area contributed by atoms with E-state index in [1.807, 2.05) is 4.90 Å². The minimum Gasteiger partial charge on any atom is -0.497 e. The molecule has 0 aromatic heterocycles. The molecule has 4 rings (SSSR count). The lowest BCUT2D eigenvalue weighted by molar-refractivity contribution is -0.138. The number of rotatable bonds is 7. The molecular weight excluding hydrogens is 432 g/mol. The number of carbonyl (C=O) groups excluding carboxylic acids is 2. The number of piperazine rings is 1. The molecule has 176 valence electrons. The quantitative estimate of drug-likeness (QED) is 0.632. The summed E-state index contributed by atoms with van der Waals surface area (Å²) in [4.78, 5) is 29.2. The number of hydrogen-bond donors (Lipinski definition) is 1. The summed E-state index contributed by atoms with van der Waals surface area (Å²) in [5, 5.41) is 3.00. The fourth-order valence-corrected chi connectivity index (χ4v) is 5.87. The van der Waals surface area contributed by atoms with E-state index in [1.165, 1.54) is 23.5 Å². The van der Waals surface area contributed by atoms with E-state index in [2.05, 4.69) is 10.2 Å². The molecule has 2 heterocycles. The van der Waals surface area contributed by atoms with Gasteiger partial charge in [-0.3, -0.25) is 14.5 Å². The van der Waals surface area contributed by atoms with Crippen LogP contribution in [-0.2, 0) is 19.6 Å². The molecule has 0 unspecified atom stereocenters. The topological polar surface area (TPSA) is 99.3 Å². The number of carbonyl (C=O) groups is 2. The molecule has 1 N–H and O–H groups in total. The van der Waals surface area contributed by atoms with Gasteiger partial charge in [0.15, 0.2) is 0 Å². The number of piperidine rings is 1. The summed E-state index contributed by atoms with van der Waals surface area (Å²) >= 11 is 0. The molecule has 1 saturated carbocycles. The van der Waals surface area contributed by atoms with Crippen LogP contribution in [-0.4, -0.2) is 93.3 Å². The second-order valence-corrected chi connectivity index (χ2v) is 10.8. The third kappa shape index (κ3) is 5.41. The molecule has 2 amide bonds. The van der Waals surface area contributed by atoms with Crippen molar-refractivity contribution in [3.8, 4) is 5.75 Å². The Balaban J connectivity index is 1.30. The Morgan fingerprint density at radius 3 is 2.34 bits per heavy atom. The van der Waals surface area contributed by atoms with Crippen molar-refractivity contribution in [2.75, 3.05) is 52.9 Å². The minimum absolute atomic E-state index is 0.0155. The molecule has 3 fully saturated rings. The summed E-state index contributed by atoms with van der Waals surface area (Å²) < 4.78 is 32.7. The van der Waals surface area contributed by atoms with Gasteiger partial charge in [-0.25, -0.2) is 8.42 Å². The SMILES string of the molecule is COc1ccc(S(=O)(=O)N2CCC[C@H](C(=O)N3CCN(CC(=O)NC4CC4)CC3)C2)cc1. The Hall–Kier alpha value is -2.17. The summed E-state index contributed by atoms with van der Waals surface area (Å²) in [5.41, 5.74) is 0. The summed E-state index contributed by atoms with van der Waals surface area (Å²) in [6.07, 6.45) is 3.49. The summed E-state index contributed by atoms with van der Waals surface area (Å²) in [6, 6.07) is 6.69. The number of hydrogen-bond acceptors (Lipinski definition) is 6. The maximum atomic E-state index is 13.1. The molecule has 0 bridgehead atoms. The monoisotopic (exact) mass is 464 g/mol. The van der Waals surface area contributed by atoms with Crippen LogP contribution in [0.3, 0.4) is 0 Å². The molecule has 0 spiro atoms. The molecule has 3 aliphatic rings. The van der Waals surface area contributed by atoms with Crippen molar-refractivity contribution in [3.63, 3.8) is 0 Å². The van der Waals surface area contributed by atoms with Crippen LogP contribution in [0.1, 0.15) is 25.7 Å². The summed E-state index contributed by atoms with van der Waals surface area (Å²) in [6.45, 7) is 3.44. The molecule has 1 aliphatic carbocycles. The molecule has 32 heavy (non-hydrogen) atoms. The van der Waals surface area contributed by atoms with Gasteiger partial charge in [0.1, 0.15) is 5.75 Å². The van der Waals surface area contributed by atoms with E-state index in [4.69, 9.17) is 4.74 Å². The first kappa shape index (κ1) is 23.0. The predicted molar refractivity (Wildman–Crippen MR) is 119 cm³/mol. The van der Waals surface area contributed by atoms with Crippen LogP contribution in [0.5, 0.6) is 5.75 Å². The van der Waals surface area contributed by atoms with E-state index < -0.39 is 10.0 Å². The van der Waals surface area contributed by atoms with E-state index in [9.17, 15) is 18.0 Å². The Morgan fingerprint density at radius 1 is 1.03 bits per heavy atom. The lowest BCUT2D eigenvalue weighted by atomic mass is 9.98. The second kappa shape index (κ2) is 9.76. The highest BCUT2D eigenvalue weighted by atomic mass is 32.2. The van der Waals surface area contributed by atoms with E-state index in [0.717, 1.165) is 12.8 Å². The van der Waals surface area contributed by atoms with Crippen LogP contribution in [0.4, 0.5) is 0 Å². The van der Waals surface area contributed by atoms with Crippen LogP contribution >= 0.6 is 0 Å². The van der Waals surface area contributed by atoms with Crippen LogP contribution < -0.4 is 10.1 Å². The molecule has 10 heteroatoms. The van der Waals surface area contributed by atoms with E-state index >= 15 is 0 Å². The zero-order valence-corrected chi connectivity index (χ0v) is 19.3. The predicted octanol–water partition coefficient (Wildman–Crippen LogP) is 0.519. The number of methoxy groups -OCH3 is 1. The Kier molecular flexibility index (Phi) is 7.02. The number of nitrogens with zero attached hydrogens (tertiary/aromatic N) is 3. The first-order chi connectivity index (χ1) is 15.4. The van der Waals surface area contributed by atoms with Gasteiger partial charge >= 0.3 is 0 Å². The van der Waals surface area contributed by atoms with Crippen LogP contribution in [0.15, 0.2) is 29.2 Å². The highest BCUT2D eigenvalue weighted by Gasteiger charge is 2.36. The van der Waals surface area contributed by atoms with Crippen molar-refractivity contribution in [1.29, 1.82) is 0 Å². The summed E-state index contributed by atoms with van der Waals surface area (Å²) in [5.74, 6) is 0.335. The molecule has 1 aromatic rings. The van der Waals surface area contributed by atoms with Gasteiger partial charge in [0.05, 0.1) is 24.5 Å². The number of nitrogens with one attached hydrogen (secondary N) is 1. The maximum absolute atomic E-state index is 13.1. The van der Waals surface area contributed by atoms with Crippen LogP contribution in [0.25, 0.3) is 0 Å². The van der Waals surface area contributed by atoms with Crippen molar-refractivity contribution in [3.05, 3.63) is 24.3 Å². The zero-order valence-electron chi connectivity index (χ0n) is 18.5. The average molecular weight is 465 g/mol. The van der Waals surface area contributed by atoms with E-state index in [1.54, 1.807) is 12.1 Å². The van der Waals surface area contributed by atoms with Crippen molar-refractivity contribution in [1.82, 2.24) is 19.4 Å². The number of ether oxygens (including phenoxy) is 1. The number of amides is 2. The molecule has 9 nitrogen and oxygen atoms in total. The van der Waals surface area contributed by atoms with Gasteiger partial charge in [-0.1, -0.05) is 0 Å². The lowest BCUT2D eigenvalue weighted by Crippen LogP contribution is -2.54. The van der Waals surface area contributed by atoms with Crippen LogP contribution in [0, 0.1) is 5.92 Å². The largest absolute Gasteiger partial charge is 0.497 e. The fourth-order valence-electron chi connectivity index (χ4n) is 4.35. The Labute approximate surface area is 189 Å². The van der Waals surface area contributed by atoms with Crippen molar-refractivity contribution in [2.45, 2.75) is 36.6 Å². The normalized spacial score (nSPS) is 23.0. The Morgan fingerprint density at radius 2 is 1.72 bits per heavy atom. The average Bonchev–Trinajstić information content (AvgIpc) is 3.63. The molecule has 2 aliphatic heterocycles. The first-order valence-electron chi connectivity index (χ1n) is 11.3. The lowest BCUT2D eigenvalue weighted by Gasteiger charge is -2.38. The van der Waals surface area contributed by atoms with Gasteiger partial charge in [-0.2, -0.15) is 4.31 Å². The fraction of sp³-hybridized carbons (Fsp3) is 0.636. The van der Waals surface area contributed by atoms with Gasteiger partial charge in [0, 0.05) is 45.3 Å². The van der Waals surface area contributed by atoms with Gasteiger partial charge in [0.25, 0.3) is 0 Å². The van der Waals surface area contributed by atoms with Crippen molar-refractivity contribution in [2.24, 2.45) is 5.92 Å². The second-order valence-electron chi connectivity index (χ2n) is 8.82. The third-order valence-corrected chi connectivity index (χ3v) is 8.30. The summed E-state index contributed by atoms with van der Waals surface area (Å²) in [7, 11) is -2.12. The molecule has 2 saturated heterocycles. The highest BCUT2D eigenvalue weighted by molar-refractivity contribution is 7.89. The van der Waals surface area contributed by atoms with Crippen LogP contribution in [0.2, 0.25) is 0 Å². The molecule has 0 radical (unpaired) electrons.